The highest BCUT2D eigenvalue weighted by Crippen LogP contribution is 2.24. The molecule has 0 aliphatic heterocycles. The molecule has 2 heterocycles. The summed E-state index contributed by atoms with van der Waals surface area (Å²) in [5, 5.41) is 19.2. The molecule has 0 saturated carbocycles. The zero-order chi connectivity index (χ0) is 18.8. The van der Waals surface area contributed by atoms with E-state index in [0.717, 1.165) is 22.5 Å². The summed E-state index contributed by atoms with van der Waals surface area (Å²) in [4.78, 5) is 13.2. The second-order valence-corrected chi connectivity index (χ2v) is 6.42. The van der Waals surface area contributed by atoms with E-state index in [1.165, 1.54) is 0 Å². The maximum atomic E-state index is 13.2. The number of aryl methyl sites for hydroxylation is 3. The number of amides is 1. The standard InChI is InChI=1S/C18H23N7O/c1-11(16-12(2)21-24(5)13(16)3)19-18(26)17(15-9-7-6-8-10-15)25-14(4)20-22-23-25/h6-11,17H,1-5H3,(H,19,26). The molecule has 8 nitrogen and oxygen atoms in total. The molecule has 0 bridgehead atoms. The fourth-order valence-corrected chi connectivity index (χ4v) is 3.30. The predicted octanol–water partition coefficient (Wildman–Crippen LogP) is 1.80. The molecule has 26 heavy (non-hydrogen) atoms. The van der Waals surface area contributed by atoms with Crippen molar-refractivity contribution in [3.63, 3.8) is 0 Å². The molecule has 2 aromatic heterocycles. The fraction of sp³-hybridized carbons (Fsp3) is 0.389. The molecule has 2 atom stereocenters. The first kappa shape index (κ1) is 17.8. The molecule has 1 amide bonds. The summed E-state index contributed by atoms with van der Waals surface area (Å²) >= 11 is 0. The van der Waals surface area contributed by atoms with Crippen LogP contribution in [-0.4, -0.2) is 35.9 Å². The predicted molar refractivity (Wildman–Crippen MR) is 96.4 cm³/mol. The van der Waals surface area contributed by atoms with Crippen molar-refractivity contribution in [1.82, 2.24) is 35.3 Å². The third-order valence-electron chi connectivity index (χ3n) is 4.62. The van der Waals surface area contributed by atoms with Gasteiger partial charge < -0.3 is 5.32 Å². The summed E-state index contributed by atoms with van der Waals surface area (Å²) in [5.41, 5.74) is 3.80. The van der Waals surface area contributed by atoms with Crippen molar-refractivity contribution < 1.29 is 4.79 Å². The van der Waals surface area contributed by atoms with Crippen molar-refractivity contribution in [1.29, 1.82) is 0 Å². The first-order valence-corrected chi connectivity index (χ1v) is 8.50. The van der Waals surface area contributed by atoms with Crippen LogP contribution in [0.25, 0.3) is 0 Å². The summed E-state index contributed by atoms with van der Waals surface area (Å²) in [6.07, 6.45) is 0. The van der Waals surface area contributed by atoms with Crippen LogP contribution in [0.15, 0.2) is 30.3 Å². The van der Waals surface area contributed by atoms with E-state index in [9.17, 15) is 4.79 Å². The van der Waals surface area contributed by atoms with Gasteiger partial charge in [-0.1, -0.05) is 30.3 Å². The quantitative estimate of drug-likeness (QED) is 0.755. The van der Waals surface area contributed by atoms with E-state index in [2.05, 4.69) is 25.9 Å². The molecule has 0 spiro atoms. The highest BCUT2D eigenvalue weighted by atomic mass is 16.2. The summed E-state index contributed by atoms with van der Waals surface area (Å²) < 4.78 is 3.37. The van der Waals surface area contributed by atoms with Gasteiger partial charge in [0.2, 0.25) is 5.91 Å². The van der Waals surface area contributed by atoms with Crippen LogP contribution < -0.4 is 5.32 Å². The van der Waals surface area contributed by atoms with Gasteiger partial charge >= 0.3 is 0 Å². The topological polar surface area (TPSA) is 90.5 Å². The van der Waals surface area contributed by atoms with E-state index >= 15 is 0 Å². The van der Waals surface area contributed by atoms with Crippen LogP contribution in [0.3, 0.4) is 0 Å². The van der Waals surface area contributed by atoms with Crippen molar-refractivity contribution >= 4 is 5.91 Å². The van der Waals surface area contributed by atoms with Crippen molar-refractivity contribution in [2.45, 2.75) is 39.8 Å². The van der Waals surface area contributed by atoms with Gasteiger partial charge in [-0.2, -0.15) is 5.10 Å². The van der Waals surface area contributed by atoms with Crippen molar-refractivity contribution in [3.05, 3.63) is 58.7 Å². The van der Waals surface area contributed by atoms with E-state index < -0.39 is 6.04 Å². The molecule has 2 unspecified atom stereocenters. The number of aromatic nitrogens is 6. The Balaban J connectivity index is 1.92. The van der Waals surface area contributed by atoms with Gasteiger partial charge in [-0.25, -0.2) is 4.68 Å². The van der Waals surface area contributed by atoms with E-state index in [1.807, 2.05) is 62.8 Å². The first-order valence-electron chi connectivity index (χ1n) is 8.50. The van der Waals surface area contributed by atoms with Gasteiger partial charge in [0, 0.05) is 18.3 Å². The number of hydrogen-bond donors (Lipinski definition) is 1. The van der Waals surface area contributed by atoms with Gasteiger partial charge in [-0.3, -0.25) is 9.48 Å². The maximum absolute atomic E-state index is 13.2. The van der Waals surface area contributed by atoms with Crippen LogP contribution in [0.4, 0.5) is 0 Å². The zero-order valence-electron chi connectivity index (χ0n) is 15.6. The maximum Gasteiger partial charge on any atom is 0.250 e. The summed E-state index contributed by atoms with van der Waals surface area (Å²) in [6.45, 7) is 7.69. The summed E-state index contributed by atoms with van der Waals surface area (Å²) in [5.74, 6) is 0.414. The zero-order valence-corrected chi connectivity index (χ0v) is 15.6. The molecule has 0 aliphatic rings. The first-order chi connectivity index (χ1) is 12.4. The monoisotopic (exact) mass is 353 g/mol. The Hall–Kier alpha value is -3.03. The number of carbonyl (C=O) groups is 1. The van der Waals surface area contributed by atoms with Gasteiger partial charge in [0.25, 0.3) is 0 Å². The second kappa shape index (κ2) is 7.07. The minimum atomic E-state index is -0.633. The van der Waals surface area contributed by atoms with Crippen LogP contribution in [0.2, 0.25) is 0 Å². The van der Waals surface area contributed by atoms with E-state index in [0.29, 0.717) is 5.82 Å². The Morgan fingerprint density at radius 2 is 1.85 bits per heavy atom. The minimum absolute atomic E-state index is 0.165. The number of carbonyl (C=O) groups excluding carboxylic acids is 1. The van der Waals surface area contributed by atoms with E-state index in [4.69, 9.17) is 0 Å². The van der Waals surface area contributed by atoms with Crippen LogP contribution in [0.1, 0.15) is 47.3 Å². The Labute approximate surface area is 152 Å². The Bertz CT molecular complexity index is 913. The van der Waals surface area contributed by atoms with Crippen LogP contribution in [-0.2, 0) is 11.8 Å². The molecule has 3 aromatic rings. The third-order valence-corrected chi connectivity index (χ3v) is 4.62. The van der Waals surface area contributed by atoms with Crippen LogP contribution in [0.5, 0.6) is 0 Å². The second-order valence-electron chi connectivity index (χ2n) is 6.42. The van der Waals surface area contributed by atoms with Gasteiger partial charge in [-0.05, 0) is 43.7 Å². The smallest absolute Gasteiger partial charge is 0.250 e. The van der Waals surface area contributed by atoms with Crippen molar-refractivity contribution in [2.24, 2.45) is 7.05 Å². The molecule has 0 fully saturated rings. The Morgan fingerprint density at radius 1 is 1.15 bits per heavy atom. The number of benzene rings is 1. The lowest BCUT2D eigenvalue weighted by Gasteiger charge is -2.21. The fourth-order valence-electron chi connectivity index (χ4n) is 3.30. The lowest BCUT2D eigenvalue weighted by Crippen LogP contribution is -2.36. The van der Waals surface area contributed by atoms with Gasteiger partial charge in [-0.15, -0.1) is 5.10 Å². The molecule has 3 rings (SSSR count). The average Bonchev–Trinajstić information content (AvgIpc) is 3.12. The SMILES string of the molecule is Cc1nn(C)c(C)c1C(C)NC(=O)C(c1ccccc1)n1nnnc1C. The largest absolute Gasteiger partial charge is 0.347 e. The lowest BCUT2D eigenvalue weighted by atomic mass is 10.0. The van der Waals surface area contributed by atoms with Crippen LogP contribution >= 0.6 is 0 Å². The van der Waals surface area contributed by atoms with Crippen molar-refractivity contribution in [2.75, 3.05) is 0 Å². The molecular weight excluding hydrogens is 330 g/mol. The molecule has 136 valence electrons. The van der Waals surface area contributed by atoms with E-state index in [1.54, 1.807) is 11.6 Å². The number of tetrazole rings is 1. The number of rotatable bonds is 5. The highest BCUT2D eigenvalue weighted by molar-refractivity contribution is 5.84. The number of hydrogen-bond acceptors (Lipinski definition) is 5. The van der Waals surface area contributed by atoms with Gasteiger partial charge in [0.05, 0.1) is 11.7 Å². The molecule has 0 aliphatic carbocycles. The molecule has 0 saturated heterocycles. The normalized spacial score (nSPS) is 13.4. The van der Waals surface area contributed by atoms with E-state index in [-0.39, 0.29) is 11.9 Å². The van der Waals surface area contributed by atoms with Crippen LogP contribution in [0, 0.1) is 20.8 Å². The highest BCUT2D eigenvalue weighted by Gasteiger charge is 2.28. The average molecular weight is 353 g/mol. The summed E-state index contributed by atoms with van der Waals surface area (Å²) in [6, 6.07) is 8.69. The molecule has 1 N–H and O–H groups in total. The van der Waals surface area contributed by atoms with Crippen molar-refractivity contribution in [3.8, 4) is 0 Å². The third kappa shape index (κ3) is 3.22. The molecule has 1 aromatic carbocycles. The molecule has 8 heteroatoms. The number of nitrogens with one attached hydrogen (secondary N) is 1. The molecule has 0 radical (unpaired) electrons. The van der Waals surface area contributed by atoms with Gasteiger partial charge in [0.1, 0.15) is 5.82 Å². The lowest BCUT2D eigenvalue weighted by molar-refractivity contribution is -0.124. The Kier molecular flexibility index (Phi) is 4.83. The molecular formula is C18H23N7O. The number of nitrogens with zero attached hydrogens (tertiary/aromatic N) is 6. The Morgan fingerprint density at radius 3 is 2.38 bits per heavy atom. The van der Waals surface area contributed by atoms with Gasteiger partial charge in [0.15, 0.2) is 6.04 Å². The minimum Gasteiger partial charge on any atom is -0.347 e. The summed E-state index contributed by atoms with van der Waals surface area (Å²) in [7, 11) is 1.90.